The molecule has 6 nitrogen and oxygen atoms in total. The van der Waals surface area contributed by atoms with Crippen LogP contribution in [0.4, 0.5) is 0 Å². The van der Waals surface area contributed by atoms with Gasteiger partial charge in [0.2, 0.25) is 5.88 Å². The molecule has 1 aromatic carbocycles. The molecule has 1 unspecified atom stereocenters. The molecule has 0 saturated carbocycles. The molecule has 0 bridgehead atoms. The van der Waals surface area contributed by atoms with E-state index in [0.717, 1.165) is 12.0 Å². The van der Waals surface area contributed by atoms with Crippen molar-refractivity contribution in [2.45, 2.75) is 19.4 Å². The van der Waals surface area contributed by atoms with E-state index in [9.17, 15) is 4.79 Å². The van der Waals surface area contributed by atoms with Gasteiger partial charge in [0, 0.05) is 25.2 Å². The number of para-hydroxylation sites is 1. The number of carbonyl (C=O) groups is 1. The zero-order chi connectivity index (χ0) is 17.8. The second-order valence-corrected chi connectivity index (χ2v) is 5.99. The minimum atomic E-state index is -0.0845. The molecule has 1 saturated heterocycles. The van der Waals surface area contributed by atoms with Crippen LogP contribution in [0.25, 0.3) is 0 Å². The third-order valence-electron chi connectivity index (χ3n) is 4.24. The Hall–Kier alpha value is -2.76. The third kappa shape index (κ3) is 3.68. The number of pyridine rings is 1. The van der Waals surface area contributed by atoms with Crippen molar-refractivity contribution in [2.24, 2.45) is 0 Å². The summed E-state index contributed by atoms with van der Waals surface area (Å²) in [6.45, 7) is 3.14. The lowest BCUT2D eigenvalue weighted by Gasteiger charge is -2.19. The molecule has 3 rings (SSSR count). The first-order valence-electron chi connectivity index (χ1n) is 8.22. The largest absolute Gasteiger partial charge is 0.493 e. The Morgan fingerprint density at radius 2 is 2.04 bits per heavy atom. The van der Waals surface area contributed by atoms with Crippen LogP contribution in [0.3, 0.4) is 0 Å². The Bertz CT molecular complexity index is 746. The maximum atomic E-state index is 12.9. The van der Waals surface area contributed by atoms with E-state index in [1.54, 1.807) is 36.4 Å². The first-order chi connectivity index (χ1) is 12.1. The molecule has 25 heavy (non-hydrogen) atoms. The molecule has 1 aromatic heterocycles. The van der Waals surface area contributed by atoms with Crippen LogP contribution >= 0.6 is 0 Å². The van der Waals surface area contributed by atoms with Crippen LogP contribution in [-0.2, 0) is 0 Å². The van der Waals surface area contributed by atoms with Crippen molar-refractivity contribution >= 4 is 5.91 Å². The normalized spacial score (nSPS) is 16.6. The van der Waals surface area contributed by atoms with Gasteiger partial charge in [0.15, 0.2) is 11.5 Å². The Labute approximate surface area is 147 Å². The average molecular weight is 342 g/mol. The summed E-state index contributed by atoms with van der Waals surface area (Å²) in [5.74, 6) is 1.51. The van der Waals surface area contributed by atoms with E-state index in [2.05, 4.69) is 4.98 Å². The predicted molar refractivity (Wildman–Crippen MR) is 93.5 cm³/mol. The van der Waals surface area contributed by atoms with Gasteiger partial charge in [0.1, 0.15) is 6.10 Å². The molecule has 6 heteroatoms. The van der Waals surface area contributed by atoms with Gasteiger partial charge >= 0.3 is 0 Å². The molecule has 1 aliphatic heterocycles. The highest BCUT2D eigenvalue weighted by Gasteiger charge is 2.30. The molecular weight excluding hydrogens is 320 g/mol. The fourth-order valence-corrected chi connectivity index (χ4v) is 2.93. The summed E-state index contributed by atoms with van der Waals surface area (Å²) < 4.78 is 16.5. The van der Waals surface area contributed by atoms with Crippen molar-refractivity contribution in [1.82, 2.24) is 9.88 Å². The van der Waals surface area contributed by atoms with Gasteiger partial charge < -0.3 is 19.1 Å². The summed E-state index contributed by atoms with van der Waals surface area (Å²) in [4.78, 5) is 18.9. The zero-order valence-corrected chi connectivity index (χ0v) is 14.7. The van der Waals surface area contributed by atoms with E-state index in [1.807, 2.05) is 19.1 Å². The fourth-order valence-electron chi connectivity index (χ4n) is 2.93. The Morgan fingerprint density at radius 1 is 1.20 bits per heavy atom. The zero-order valence-electron chi connectivity index (χ0n) is 14.7. The van der Waals surface area contributed by atoms with Crippen molar-refractivity contribution < 1.29 is 19.0 Å². The fraction of sp³-hybridized carbons (Fsp3) is 0.368. The summed E-state index contributed by atoms with van der Waals surface area (Å²) in [5.41, 5.74) is 1.58. The number of aromatic nitrogens is 1. The topological polar surface area (TPSA) is 60.9 Å². The van der Waals surface area contributed by atoms with Crippen molar-refractivity contribution in [3.63, 3.8) is 0 Å². The van der Waals surface area contributed by atoms with Gasteiger partial charge in [-0.1, -0.05) is 12.1 Å². The predicted octanol–water partition coefficient (Wildman–Crippen LogP) is 2.70. The maximum absolute atomic E-state index is 12.9. The highest BCUT2D eigenvalue weighted by atomic mass is 16.5. The molecular formula is C19H22N2O4. The van der Waals surface area contributed by atoms with E-state index in [1.165, 1.54) is 7.11 Å². The molecule has 1 fully saturated rings. The number of amides is 1. The van der Waals surface area contributed by atoms with E-state index >= 15 is 0 Å². The lowest BCUT2D eigenvalue weighted by molar-refractivity contribution is 0.0767. The SMILES string of the molecule is COc1cccc(C(=O)N2CCC(Oc3ccc(C)cn3)C2)c1OC. The van der Waals surface area contributed by atoms with Crippen LogP contribution in [0.15, 0.2) is 36.5 Å². The number of ether oxygens (including phenoxy) is 3. The van der Waals surface area contributed by atoms with Crippen LogP contribution in [0, 0.1) is 6.92 Å². The number of methoxy groups -OCH3 is 2. The van der Waals surface area contributed by atoms with Gasteiger partial charge in [0.05, 0.1) is 26.3 Å². The lowest BCUT2D eigenvalue weighted by Crippen LogP contribution is -2.31. The molecule has 0 spiro atoms. The minimum Gasteiger partial charge on any atom is -0.493 e. The van der Waals surface area contributed by atoms with Crippen LogP contribution in [0.2, 0.25) is 0 Å². The quantitative estimate of drug-likeness (QED) is 0.836. The molecule has 2 aromatic rings. The Kier molecular flexibility index (Phi) is 5.07. The average Bonchev–Trinajstić information content (AvgIpc) is 3.10. The van der Waals surface area contributed by atoms with Gasteiger partial charge in [0.25, 0.3) is 5.91 Å². The van der Waals surface area contributed by atoms with E-state index in [4.69, 9.17) is 14.2 Å². The number of benzene rings is 1. The molecule has 1 atom stereocenters. The summed E-state index contributed by atoms with van der Waals surface area (Å²) in [6, 6.07) is 9.12. The van der Waals surface area contributed by atoms with Crippen molar-refractivity contribution in [2.75, 3.05) is 27.3 Å². The van der Waals surface area contributed by atoms with Gasteiger partial charge in [-0.3, -0.25) is 4.79 Å². The molecule has 1 amide bonds. The number of aryl methyl sites for hydroxylation is 1. The monoisotopic (exact) mass is 342 g/mol. The van der Waals surface area contributed by atoms with Crippen LogP contribution in [0.5, 0.6) is 17.4 Å². The first kappa shape index (κ1) is 17.1. The summed E-state index contributed by atoms with van der Waals surface area (Å²) in [5, 5.41) is 0. The molecule has 0 radical (unpaired) electrons. The van der Waals surface area contributed by atoms with Crippen LogP contribution < -0.4 is 14.2 Å². The number of nitrogens with zero attached hydrogens (tertiary/aromatic N) is 2. The molecule has 0 N–H and O–H groups in total. The van der Waals surface area contributed by atoms with Crippen molar-refractivity contribution in [3.8, 4) is 17.4 Å². The third-order valence-corrected chi connectivity index (χ3v) is 4.24. The Morgan fingerprint density at radius 3 is 2.72 bits per heavy atom. The summed E-state index contributed by atoms with van der Waals surface area (Å²) >= 11 is 0. The molecule has 2 heterocycles. The standard InChI is InChI=1S/C19H22N2O4/c1-13-7-8-17(20-11-13)25-14-9-10-21(12-14)19(22)15-5-4-6-16(23-2)18(15)24-3/h4-8,11,14H,9-10,12H2,1-3H3. The van der Waals surface area contributed by atoms with Gasteiger partial charge in [-0.2, -0.15) is 0 Å². The van der Waals surface area contributed by atoms with E-state index < -0.39 is 0 Å². The maximum Gasteiger partial charge on any atom is 0.257 e. The highest BCUT2D eigenvalue weighted by Crippen LogP contribution is 2.32. The number of likely N-dealkylation sites (tertiary alicyclic amines) is 1. The van der Waals surface area contributed by atoms with Gasteiger partial charge in [-0.25, -0.2) is 4.98 Å². The second-order valence-electron chi connectivity index (χ2n) is 5.99. The Balaban J connectivity index is 1.69. The van der Waals surface area contributed by atoms with Crippen LogP contribution in [0.1, 0.15) is 22.3 Å². The molecule has 0 aliphatic carbocycles. The minimum absolute atomic E-state index is 0.0595. The molecule has 132 valence electrons. The highest BCUT2D eigenvalue weighted by molar-refractivity contribution is 5.98. The number of hydrogen-bond acceptors (Lipinski definition) is 5. The first-order valence-corrected chi connectivity index (χ1v) is 8.22. The smallest absolute Gasteiger partial charge is 0.257 e. The van der Waals surface area contributed by atoms with E-state index in [0.29, 0.717) is 36.0 Å². The molecule has 1 aliphatic rings. The number of carbonyl (C=O) groups excluding carboxylic acids is 1. The van der Waals surface area contributed by atoms with Gasteiger partial charge in [-0.05, 0) is 24.6 Å². The summed E-state index contributed by atoms with van der Waals surface area (Å²) in [6.07, 6.45) is 2.48. The number of hydrogen-bond donors (Lipinski definition) is 0. The van der Waals surface area contributed by atoms with Gasteiger partial charge in [-0.15, -0.1) is 0 Å². The summed E-state index contributed by atoms with van der Waals surface area (Å²) in [7, 11) is 3.09. The van der Waals surface area contributed by atoms with E-state index in [-0.39, 0.29) is 12.0 Å². The van der Waals surface area contributed by atoms with Crippen LogP contribution in [-0.4, -0.2) is 49.2 Å². The van der Waals surface area contributed by atoms with Crippen molar-refractivity contribution in [3.05, 3.63) is 47.7 Å². The second kappa shape index (κ2) is 7.42. The lowest BCUT2D eigenvalue weighted by atomic mass is 10.1. The van der Waals surface area contributed by atoms with Crippen molar-refractivity contribution in [1.29, 1.82) is 0 Å². The number of rotatable bonds is 5.